The minimum atomic E-state index is -0.283. The number of hydrogen-bond acceptors (Lipinski definition) is 5. The number of para-hydroxylation sites is 1. The molecule has 1 N–H and O–H groups in total. The van der Waals surface area contributed by atoms with Gasteiger partial charge in [0, 0.05) is 18.1 Å². The molecule has 3 aromatic rings. The number of benzene rings is 2. The van der Waals surface area contributed by atoms with Crippen molar-refractivity contribution in [3.05, 3.63) is 59.4 Å². The summed E-state index contributed by atoms with van der Waals surface area (Å²) in [6, 6.07) is 13.0. The summed E-state index contributed by atoms with van der Waals surface area (Å²) in [5.74, 6) is 1.35. The highest BCUT2D eigenvalue weighted by molar-refractivity contribution is 5.99. The Balaban J connectivity index is 1.75. The van der Waals surface area contributed by atoms with Crippen molar-refractivity contribution in [1.29, 1.82) is 0 Å². The Bertz CT molecular complexity index is 1010. The first-order valence-electron chi connectivity index (χ1n) is 10.7. The van der Waals surface area contributed by atoms with E-state index in [1.54, 1.807) is 14.2 Å². The lowest BCUT2D eigenvalue weighted by molar-refractivity contribution is 0.0907. The predicted octanol–water partition coefficient (Wildman–Crippen LogP) is 5.65. The van der Waals surface area contributed by atoms with Crippen molar-refractivity contribution in [2.75, 3.05) is 20.8 Å². The summed E-state index contributed by atoms with van der Waals surface area (Å²) in [5.41, 5.74) is 2.32. The molecular weight excluding hydrogens is 394 g/mol. The van der Waals surface area contributed by atoms with Gasteiger partial charge in [-0.25, -0.2) is 0 Å². The highest BCUT2D eigenvalue weighted by atomic mass is 16.5. The first-order valence-corrected chi connectivity index (χ1v) is 10.7. The third-order valence-electron chi connectivity index (χ3n) is 5.23. The molecule has 1 atom stereocenters. The smallest absolute Gasteiger partial charge is 0.287 e. The Labute approximate surface area is 183 Å². The van der Waals surface area contributed by atoms with Gasteiger partial charge in [-0.1, -0.05) is 44.0 Å². The lowest BCUT2D eigenvalue weighted by Gasteiger charge is -2.17. The third kappa shape index (κ3) is 5.39. The fraction of sp³-hybridized carbons (Fsp3) is 0.400. The minimum Gasteiger partial charge on any atom is -0.493 e. The second-order valence-electron chi connectivity index (χ2n) is 7.50. The summed E-state index contributed by atoms with van der Waals surface area (Å²) >= 11 is 0. The molecule has 166 valence electrons. The lowest BCUT2D eigenvalue weighted by atomic mass is 10.1. The Morgan fingerprint density at radius 1 is 1.10 bits per heavy atom. The van der Waals surface area contributed by atoms with Crippen molar-refractivity contribution in [2.45, 2.75) is 45.8 Å². The van der Waals surface area contributed by atoms with E-state index in [4.69, 9.17) is 18.6 Å². The lowest BCUT2D eigenvalue weighted by Crippen LogP contribution is -2.27. The second-order valence-corrected chi connectivity index (χ2v) is 7.50. The van der Waals surface area contributed by atoms with Gasteiger partial charge in [0.1, 0.15) is 5.58 Å². The number of rotatable bonds is 11. The molecule has 1 unspecified atom stereocenters. The van der Waals surface area contributed by atoms with E-state index < -0.39 is 0 Å². The average molecular weight is 426 g/mol. The van der Waals surface area contributed by atoms with E-state index in [9.17, 15) is 4.79 Å². The van der Waals surface area contributed by atoms with Crippen LogP contribution in [0.4, 0.5) is 0 Å². The highest BCUT2D eigenvalue weighted by Gasteiger charge is 2.22. The second kappa shape index (κ2) is 10.9. The first-order chi connectivity index (χ1) is 15.1. The number of furan rings is 1. The summed E-state index contributed by atoms with van der Waals surface area (Å²) in [7, 11) is 3.22. The van der Waals surface area contributed by atoms with E-state index in [0.717, 1.165) is 35.8 Å². The SMILES string of the molecule is CCCCCOc1ccc(C(C)NC(=O)c2oc3ccccc3c2COC)cc1OC. The Kier molecular flexibility index (Phi) is 7.95. The average Bonchev–Trinajstić information content (AvgIpc) is 3.15. The quantitative estimate of drug-likeness (QED) is 0.402. The number of carbonyl (C=O) groups excluding carboxylic acids is 1. The van der Waals surface area contributed by atoms with Gasteiger partial charge in [0.05, 0.1) is 26.4 Å². The van der Waals surface area contributed by atoms with Crippen LogP contribution in [-0.2, 0) is 11.3 Å². The van der Waals surface area contributed by atoms with Gasteiger partial charge in [-0.3, -0.25) is 4.79 Å². The van der Waals surface area contributed by atoms with Crippen LogP contribution < -0.4 is 14.8 Å². The van der Waals surface area contributed by atoms with Crippen LogP contribution in [0.2, 0.25) is 0 Å². The maximum absolute atomic E-state index is 13.0. The monoisotopic (exact) mass is 425 g/mol. The molecule has 1 amide bonds. The molecule has 1 heterocycles. The van der Waals surface area contributed by atoms with E-state index in [-0.39, 0.29) is 17.7 Å². The molecule has 0 saturated carbocycles. The van der Waals surface area contributed by atoms with Crippen LogP contribution in [0.3, 0.4) is 0 Å². The minimum absolute atomic E-state index is 0.251. The Morgan fingerprint density at radius 3 is 2.65 bits per heavy atom. The molecule has 0 aliphatic heterocycles. The van der Waals surface area contributed by atoms with Gasteiger partial charge >= 0.3 is 0 Å². The zero-order chi connectivity index (χ0) is 22.2. The van der Waals surface area contributed by atoms with E-state index >= 15 is 0 Å². The van der Waals surface area contributed by atoms with Gasteiger partial charge in [0.25, 0.3) is 5.91 Å². The maximum Gasteiger partial charge on any atom is 0.287 e. The summed E-state index contributed by atoms with van der Waals surface area (Å²) in [6.07, 6.45) is 3.29. The largest absolute Gasteiger partial charge is 0.493 e. The molecule has 0 aliphatic carbocycles. The van der Waals surface area contributed by atoms with Crippen LogP contribution >= 0.6 is 0 Å². The fourth-order valence-corrected chi connectivity index (χ4v) is 3.52. The van der Waals surface area contributed by atoms with Crippen LogP contribution in [-0.4, -0.2) is 26.7 Å². The zero-order valence-electron chi connectivity index (χ0n) is 18.7. The molecule has 0 saturated heterocycles. The maximum atomic E-state index is 13.0. The standard InChI is InChI=1S/C25H31NO5/c1-5-6-9-14-30-22-13-12-18(15-23(22)29-4)17(2)26-25(27)24-20(16-28-3)19-10-7-8-11-21(19)31-24/h7-8,10-13,15,17H,5-6,9,14,16H2,1-4H3,(H,26,27). The Hall–Kier alpha value is -2.99. The van der Waals surface area contributed by atoms with E-state index in [1.807, 2.05) is 49.4 Å². The van der Waals surface area contributed by atoms with Crippen LogP contribution in [0.1, 0.15) is 60.8 Å². The number of fused-ring (bicyclic) bond motifs is 1. The molecule has 0 aliphatic rings. The number of ether oxygens (including phenoxy) is 3. The van der Waals surface area contributed by atoms with Gasteiger partial charge in [-0.2, -0.15) is 0 Å². The van der Waals surface area contributed by atoms with Crippen molar-refractivity contribution in [3.8, 4) is 11.5 Å². The summed E-state index contributed by atoms with van der Waals surface area (Å²) in [5, 5.41) is 3.90. The molecule has 6 nitrogen and oxygen atoms in total. The summed E-state index contributed by atoms with van der Waals surface area (Å²) < 4.78 is 22.5. The van der Waals surface area contributed by atoms with Crippen LogP contribution in [0, 0.1) is 0 Å². The number of nitrogens with one attached hydrogen (secondary N) is 1. The summed E-state index contributed by atoms with van der Waals surface area (Å²) in [6.45, 7) is 5.04. The third-order valence-corrected chi connectivity index (χ3v) is 5.23. The molecule has 0 spiro atoms. The van der Waals surface area contributed by atoms with Crippen molar-refractivity contribution < 1.29 is 23.4 Å². The first kappa shape index (κ1) is 22.7. The number of carbonyl (C=O) groups is 1. The van der Waals surface area contributed by atoms with E-state index in [2.05, 4.69) is 12.2 Å². The van der Waals surface area contributed by atoms with Crippen LogP contribution in [0.15, 0.2) is 46.9 Å². The number of amides is 1. The molecule has 0 fully saturated rings. The summed E-state index contributed by atoms with van der Waals surface area (Å²) in [4.78, 5) is 13.0. The molecule has 0 radical (unpaired) electrons. The number of methoxy groups -OCH3 is 2. The van der Waals surface area contributed by atoms with Gasteiger partial charge < -0.3 is 23.9 Å². The molecule has 6 heteroatoms. The van der Waals surface area contributed by atoms with Gasteiger partial charge in [0.15, 0.2) is 17.3 Å². The van der Waals surface area contributed by atoms with Gasteiger partial charge in [-0.15, -0.1) is 0 Å². The molecule has 1 aromatic heterocycles. The number of unbranched alkanes of at least 4 members (excludes halogenated alkanes) is 2. The van der Waals surface area contributed by atoms with E-state index in [0.29, 0.717) is 30.3 Å². The topological polar surface area (TPSA) is 69.9 Å². The Morgan fingerprint density at radius 2 is 1.90 bits per heavy atom. The van der Waals surface area contributed by atoms with Crippen LogP contribution in [0.25, 0.3) is 11.0 Å². The van der Waals surface area contributed by atoms with Crippen molar-refractivity contribution >= 4 is 16.9 Å². The number of hydrogen-bond donors (Lipinski definition) is 1. The molecule has 2 aromatic carbocycles. The predicted molar refractivity (Wildman–Crippen MR) is 121 cm³/mol. The van der Waals surface area contributed by atoms with Gasteiger partial charge in [0.2, 0.25) is 0 Å². The molecule has 3 rings (SSSR count). The van der Waals surface area contributed by atoms with E-state index in [1.165, 1.54) is 0 Å². The normalized spacial score (nSPS) is 12.0. The van der Waals surface area contributed by atoms with Crippen molar-refractivity contribution in [2.24, 2.45) is 0 Å². The van der Waals surface area contributed by atoms with Gasteiger partial charge in [-0.05, 0) is 37.1 Å². The molecular formula is C25H31NO5. The highest BCUT2D eigenvalue weighted by Crippen LogP contribution is 2.31. The zero-order valence-corrected chi connectivity index (χ0v) is 18.7. The van der Waals surface area contributed by atoms with Crippen molar-refractivity contribution in [3.63, 3.8) is 0 Å². The fourth-order valence-electron chi connectivity index (χ4n) is 3.52. The van der Waals surface area contributed by atoms with Crippen molar-refractivity contribution in [1.82, 2.24) is 5.32 Å². The molecule has 0 bridgehead atoms. The van der Waals surface area contributed by atoms with Crippen LogP contribution in [0.5, 0.6) is 11.5 Å². The molecule has 31 heavy (non-hydrogen) atoms.